The molecule has 1 aliphatic carbocycles. The number of carbonyl (C=O) groups is 1. The summed E-state index contributed by atoms with van der Waals surface area (Å²) in [5.74, 6) is 0.183. The highest BCUT2D eigenvalue weighted by Gasteiger charge is 2.45. The van der Waals surface area contributed by atoms with Crippen LogP contribution in [0.3, 0.4) is 0 Å². The normalized spacial score (nSPS) is 15.8. The average molecular weight is 299 g/mol. The number of nitrogens with two attached hydrogens (primary N) is 1. The van der Waals surface area contributed by atoms with Crippen molar-refractivity contribution in [2.45, 2.75) is 31.8 Å². The Kier molecular flexibility index (Phi) is 3.75. The standard InChI is InChI=1S/C14H15FN2O2.ClH/c1-8-10-6-9(15)2-3-11(10)19-12(8)7-17-13(18)14(16)4-5-14;/h2-3,6H,4-5,7,16H2,1H3,(H,17,18);1H. The molecule has 0 atom stereocenters. The number of fused-ring (bicyclic) bond motifs is 1. The predicted molar refractivity (Wildman–Crippen MR) is 76.2 cm³/mol. The first kappa shape index (κ1) is 14.8. The van der Waals surface area contributed by atoms with E-state index in [4.69, 9.17) is 10.2 Å². The first-order valence-corrected chi connectivity index (χ1v) is 6.24. The van der Waals surface area contributed by atoms with E-state index in [-0.39, 0.29) is 30.7 Å². The number of furan rings is 1. The van der Waals surface area contributed by atoms with E-state index in [0.717, 1.165) is 23.8 Å². The van der Waals surface area contributed by atoms with E-state index in [1.807, 2.05) is 6.92 Å². The van der Waals surface area contributed by atoms with Crippen LogP contribution in [0.4, 0.5) is 4.39 Å². The SMILES string of the molecule is Cc1c(CNC(=O)C2(N)CC2)oc2ccc(F)cc12.Cl. The van der Waals surface area contributed by atoms with E-state index < -0.39 is 5.54 Å². The highest BCUT2D eigenvalue weighted by atomic mass is 35.5. The van der Waals surface area contributed by atoms with Gasteiger partial charge < -0.3 is 15.5 Å². The second-order valence-electron chi connectivity index (χ2n) is 5.13. The summed E-state index contributed by atoms with van der Waals surface area (Å²) in [5, 5.41) is 3.50. The molecule has 0 bridgehead atoms. The smallest absolute Gasteiger partial charge is 0.240 e. The molecule has 0 aliphatic heterocycles. The van der Waals surface area contributed by atoms with Crippen LogP contribution in [0.15, 0.2) is 22.6 Å². The second-order valence-corrected chi connectivity index (χ2v) is 5.13. The van der Waals surface area contributed by atoms with Gasteiger partial charge in [-0.15, -0.1) is 12.4 Å². The summed E-state index contributed by atoms with van der Waals surface area (Å²) in [6.45, 7) is 2.13. The molecular formula is C14H16ClFN2O2. The highest BCUT2D eigenvalue weighted by Crippen LogP contribution is 2.32. The Morgan fingerprint density at radius 1 is 1.50 bits per heavy atom. The van der Waals surface area contributed by atoms with Crippen LogP contribution >= 0.6 is 12.4 Å². The highest BCUT2D eigenvalue weighted by molar-refractivity contribution is 5.89. The molecule has 1 heterocycles. The van der Waals surface area contributed by atoms with E-state index in [1.54, 1.807) is 6.07 Å². The molecule has 20 heavy (non-hydrogen) atoms. The summed E-state index contributed by atoms with van der Waals surface area (Å²) in [6.07, 6.45) is 1.45. The van der Waals surface area contributed by atoms with Crippen LogP contribution < -0.4 is 11.1 Å². The Morgan fingerprint density at radius 3 is 2.85 bits per heavy atom. The van der Waals surface area contributed by atoms with Crippen LogP contribution in [-0.2, 0) is 11.3 Å². The molecule has 2 aromatic rings. The minimum Gasteiger partial charge on any atom is -0.459 e. The van der Waals surface area contributed by atoms with Gasteiger partial charge in [0.1, 0.15) is 17.2 Å². The van der Waals surface area contributed by atoms with Gasteiger partial charge in [-0.1, -0.05) is 0 Å². The average Bonchev–Trinajstić information content (AvgIpc) is 3.06. The molecular weight excluding hydrogens is 283 g/mol. The van der Waals surface area contributed by atoms with Crippen molar-refractivity contribution in [3.63, 3.8) is 0 Å². The Morgan fingerprint density at radius 2 is 2.20 bits per heavy atom. The number of halogens is 2. The van der Waals surface area contributed by atoms with Gasteiger partial charge in [-0.3, -0.25) is 4.79 Å². The van der Waals surface area contributed by atoms with Gasteiger partial charge in [-0.2, -0.15) is 0 Å². The monoisotopic (exact) mass is 298 g/mol. The number of amides is 1. The van der Waals surface area contributed by atoms with Crippen LogP contribution in [0.1, 0.15) is 24.2 Å². The van der Waals surface area contributed by atoms with Crippen LogP contribution in [0.2, 0.25) is 0 Å². The van der Waals surface area contributed by atoms with E-state index in [0.29, 0.717) is 11.3 Å². The van der Waals surface area contributed by atoms with Gasteiger partial charge in [-0.05, 0) is 38.0 Å². The molecule has 0 radical (unpaired) electrons. The molecule has 1 aromatic heterocycles. The molecule has 3 N–H and O–H groups in total. The van der Waals surface area contributed by atoms with Crippen LogP contribution in [-0.4, -0.2) is 11.4 Å². The maximum Gasteiger partial charge on any atom is 0.240 e. The fourth-order valence-electron chi connectivity index (χ4n) is 2.11. The van der Waals surface area contributed by atoms with Crippen molar-refractivity contribution >= 4 is 29.3 Å². The summed E-state index contributed by atoms with van der Waals surface area (Å²) in [7, 11) is 0. The van der Waals surface area contributed by atoms with Gasteiger partial charge in [0.2, 0.25) is 5.91 Å². The Bertz CT molecular complexity index is 664. The fraction of sp³-hybridized carbons (Fsp3) is 0.357. The predicted octanol–water partition coefficient (Wildman–Crippen LogP) is 2.41. The van der Waals surface area contributed by atoms with Gasteiger partial charge in [0.15, 0.2) is 0 Å². The Hall–Kier alpha value is -1.59. The van der Waals surface area contributed by atoms with Crippen molar-refractivity contribution in [3.8, 4) is 0 Å². The van der Waals surface area contributed by atoms with Crippen LogP contribution in [0.5, 0.6) is 0 Å². The minimum absolute atomic E-state index is 0. The van der Waals surface area contributed by atoms with E-state index in [1.165, 1.54) is 12.1 Å². The molecule has 1 fully saturated rings. The lowest BCUT2D eigenvalue weighted by Gasteiger charge is -2.08. The summed E-state index contributed by atoms with van der Waals surface area (Å²) < 4.78 is 18.8. The summed E-state index contributed by atoms with van der Waals surface area (Å²) in [5.41, 5.74) is 6.57. The molecule has 1 aliphatic rings. The van der Waals surface area contributed by atoms with Crippen molar-refractivity contribution in [2.75, 3.05) is 0 Å². The van der Waals surface area contributed by atoms with Crippen molar-refractivity contribution in [1.82, 2.24) is 5.32 Å². The minimum atomic E-state index is -0.688. The van der Waals surface area contributed by atoms with Crippen molar-refractivity contribution in [1.29, 1.82) is 0 Å². The summed E-state index contributed by atoms with van der Waals surface area (Å²) in [6, 6.07) is 4.38. The van der Waals surface area contributed by atoms with E-state index >= 15 is 0 Å². The molecule has 0 saturated heterocycles. The van der Waals surface area contributed by atoms with E-state index in [9.17, 15) is 9.18 Å². The van der Waals surface area contributed by atoms with Gasteiger partial charge in [0.25, 0.3) is 0 Å². The van der Waals surface area contributed by atoms with Gasteiger partial charge in [-0.25, -0.2) is 4.39 Å². The lowest BCUT2D eigenvalue weighted by Crippen LogP contribution is -2.42. The Balaban J connectivity index is 0.00000147. The van der Waals surface area contributed by atoms with Crippen molar-refractivity contribution < 1.29 is 13.6 Å². The molecule has 3 rings (SSSR count). The van der Waals surface area contributed by atoms with Gasteiger partial charge in [0, 0.05) is 10.9 Å². The Labute approximate surface area is 121 Å². The molecule has 1 aromatic carbocycles. The third-order valence-corrected chi connectivity index (χ3v) is 3.65. The molecule has 108 valence electrons. The molecule has 0 spiro atoms. The fourth-order valence-corrected chi connectivity index (χ4v) is 2.11. The lowest BCUT2D eigenvalue weighted by atomic mass is 10.1. The number of hydrogen-bond acceptors (Lipinski definition) is 3. The summed E-state index contributed by atoms with van der Waals surface area (Å²) >= 11 is 0. The topological polar surface area (TPSA) is 68.3 Å². The summed E-state index contributed by atoms with van der Waals surface area (Å²) in [4.78, 5) is 11.7. The van der Waals surface area contributed by atoms with Crippen LogP contribution in [0.25, 0.3) is 11.0 Å². The number of carbonyl (C=O) groups excluding carboxylic acids is 1. The molecule has 1 amide bonds. The largest absolute Gasteiger partial charge is 0.459 e. The number of rotatable bonds is 3. The molecule has 6 heteroatoms. The first-order chi connectivity index (χ1) is 8.99. The number of benzene rings is 1. The lowest BCUT2D eigenvalue weighted by molar-refractivity contribution is -0.123. The zero-order valence-corrected chi connectivity index (χ0v) is 11.8. The number of hydrogen-bond donors (Lipinski definition) is 2. The van der Waals surface area contributed by atoms with Gasteiger partial charge in [0.05, 0.1) is 12.1 Å². The first-order valence-electron chi connectivity index (χ1n) is 6.24. The van der Waals surface area contributed by atoms with E-state index in [2.05, 4.69) is 5.32 Å². The number of nitrogens with one attached hydrogen (secondary N) is 1. The zero-order valence-electron chi connectivity index (χ0n) is 11.0. The second kappa shape index (κ2) is 5.07. The van der Waals surface area contributed by atoms with Crippen molar-refractivity contribution in [2.24, 2.45) is 5.73 Å². The maximum absolute atomic E-state index is 13.2. The third kappa shape index (κ3) is 2.51. The van der Waals surface area contributed by atoms with Gasteiger partial charge >= 0.3 is 0 Å². The zero-order chi connectivity index (χ0) is 13.6. The molecule has 1 saturated carbocycles. The maximum atomic E-state index is 13.2. The van der Waals surface area contributed by atoms with Crippen LogP contribution in [0, 0.1) is 12.7 Å². The third-order valence-electron chi connectivity index (χ3n) is 3.65. The molecule has 0 unspecified atom stereocenters. The quantitative estimate of drug-likeness (QED) is 0.914. The van der Waals surface area contributed by atoms with Crippen molar-refractivity contribution in [3.05, 3.63) is 35.3 Å². The molecule has 4 nitrogen and oxygen atoms in total. The number of aryl methyl sites for hydroxylation is 1.